The first-order valence-corrected chi connectivity index (χ1v) is 8.54. The van der Waals surface area contributed by atoms with Crippen molar-refractivity contribution < 1.29 is 17.9 Å². The highest BCUT2D eigenvalue weighted by molar-refractivity contribution is 7.90. The van der Waals surface area contributed by atoms with Gasteiger partial charge in [0.2, 0.25) is 0 Å². The van der Waals surface area contributed by atoms with E-state index in [1.165, 1.54) is 16.8 Å². The Morgan fingerprint density at radius 3 is 2.61 bits per heavy atom. The number of nitrogens with one attached hydrogen (secondary N) is 1. The number of rotatable bonds is 5. The topological polar surface area (TPSA) is 90.3 Å². The molecule has 1 N–H and O–H groups in total. The van der Waals surface area contributed by atoms with Crippen LogP contribution in [0.3, 0.4) is 0 Å². The van der Waals surface area contributed by atoms with Gasteiger partial charge in [0.25, 0.3) is 15.9 Å². The number of amides is 1. The van der Waals surface area contributed by atoms with Gasteiger partial charge >= 0.3 is 0 Å². The third kappa shape index (κ3) is 3.53. The average molecular weight is 337 g/mol. The van der Waals surface area contributed by atoms with Crippen LogP contribution in [0.5, 0.6) is 5.75 Å². The quantitative estimate of drug-likeness (QED) is 0.894. The molecule has 0 atom stereocenters. The summed E-state index contributed by atoms with van der Waals surface area (Å²) in [5.74, 6) is -0.208. The van der Waals surface area contributed by atoms with Gasteiger partial charge in [0.1, 0.15) is 10.6 Å². The van der Waals surface area contributed by atoms with Crippen molar-refractivity contribution in [2.45, 2.75) is 25.7 Å². The van der Waals surface area contributed by atoms with Crippen molar-refractivity contribution in [3.63, 3.8) is 0 Å². The SMILES string of the molecule is CCOc1cccc(C(=O)NS(=O)(=O)c2c(C)nn(C)c2C)c1. The van der Waals surface area contributed by atoms with Crippen molar-refractivity contribution in [1.29, 1.82) is 0 Å². The number of aromatic nitrogens is 2. The van der Waals surface area contributed by atoms with Gasteiger partial charge < -0.3 is 4.74 Å². The van der Waals surface area contributed by atoms with Crippen LogP contribution in [-0.4, -0.2) is 30.7 Å². The molecule has 2 rings (SSSR count). The summed E-state index contributed by atoms with van der Waals surface area (Å²) in [6.45, 7) is 5.50. The summed E-state index contributed by atoms with van der Waals surface area (Å²) in [5.41, 5.74) is 1.01. The fourth-order valence-corrected chi connectivity index (χ4v) is 3.68. The van der Waals surface area contributed by atoms with Gasteiger partial charge in [-0.15, -0.1) is 0 Å². The van der Waals surface area contributed by atoms with Gasteiger partial charge in [-0.3, -0.25) is 9.48 Å². The summed E-state index contributed by atoms with van der Waals surface area (Å²) in [6, 6.07) is 6.35. The van der Waals surface area contributed by atoms with Gasteiger partial charge in [0.15, 0.2) is 0 Å². The van der Waals surface area contributed by atoms with E-state index in [-0.39, 0.29) is 10.5 Å². The maximum absolute atomic E-state index is 12.5. The Morgan fingerprint density at radius 2 is 2.04 bits per heavy atom. The smallest absolute Gasteiger partial charge is 0.267 e. The second-order valence-corrected chi connectivity index (χ2v) is 6.64. The van der Waals surface area contributed by atoms with E-state index in [1.54, 1.807) is 33.0 Å². The number of sulfonamides is 1. The summed E-state index contributed by atoms with van der Waals surface area (Å²) < 4.78 is 33.8. The fourth-order valence-electron chi connectivity index (χ4n) is 2.27. The molecule has 7 nitrogen and oxygen atoms in total. The number of aryl methyl sites for hydroxylation is 2. The van der Waals surface area contributed by atoms with Gasteiger partial charge in [0, 0.05) is 12.6 Å². The maximum atomic E-state index is 12.5. The number of benzene rings is 1. The Kier molecular flexibility index (Phi) is 4.74. The molecule has 2 aromatic rings. The van der Waals surface area contributed by atoms with Crippen LogP contribution in [0.2, 0.25) is 0 Å². The minimum absolute atomic E-state index is 0.0225. The van der Waals surface area contributed by atoms with Crippen LogP contribution in [0.15, 0.2) is 29.2 Å². The highest BCUT2D eigenvalue weighted by atomic mass is 32.2. The Morgan fingerprint density at radius 1 is 1.35 bits per heavy atom. The summed E-state index contributed by atoms with van der Waals surface area (Å²) >= 11 is 0. The molecule has 0 spiro atoms. The Bertz CT molecular complexity index is 840. The Labute approximate surface area is 135 Å². The third-order valence-electron chi connectivity index (χ3n) is 3.35. The van der Waals surface area contributed by atoms with E-state index in [2.05, 4.69) is 9.82 Å². The predicted molar refractivity (Wildman–Crippen MR) is 84.9 cm³/mol. The highest BCUT2D eigenvalue weighted by Gasteiger charge is 2.26. The number of carbonyl (C=O) groups is 1. The molecule has 0 fully saturated rings. The van der Waals surface area contributed by atoms with Crippen LogP contribution >= 0.6 is 0 Å². The molecule has 0 radical (unpaired) electrons. The molecule has 1 aromatic carbocycles. The van der Waals surface area contributed by atoms with E-state index >= 15 is 0 Å². The number of ether oxygens (including phenoxy) is 1. The minimum Gasteiger partial charge on any atom is -0.494 e. The Balaban J connectivity index is 2.30. The predicted octanol–water partition coefficient (Wildman–Crippen LogP) is 1.55. The molecule has 0 aliphatic rings. The normalized spacial score (nSPS) is 11.3. The van der Waals surface area contributed by atoms with Crippen molar-refractivity contribution in [3.05, 3.63) is 41.2 Å². The zero-order chi connectivity index (χ0) is 17.2. The number of nitrogens with zero attached hydrogens (tertiary/aromatic N) is 2. The van der Waals surface area contributed by atoms with E-state index in [0.29, 0.717) is 23.7 Å². The second kappa shape index (κ2) is 6.41. The molecule has 0 saturated heterocycles. The lowest BCUT2D eigenvalue weighted by atomic mass is 10.2. The molecule has 1 heterocycles. The first-order chi connectivity index (χ1) is 10.8. The minimum atomic E-state index is -4.00. The zero-order valence-corrected chi connectivity index (χ0v) is 14.3. The number of carbonyl (C=O) groups excluding carboxylic acids is 1. The highest BCUT2D eigenvalue weighted by Crippen LogP contribution is 2.19. The largest absolute Gasteiger partial charge is 0.494 e. The van der Waals surface area contributed by atoms with Crippen molar-refractivity contribution in [1.82, 2.24) is 14.5 Å². The van der Waals surface area contributed by atoms with E-state index in [0.717, 1.165) is 0 Å². The van der Waals surface area contributed by atoms with Gasteiger partial charge in [-0.2, -0.15) is 5.10 Å². The van der Waals surface area contributed by atoms with E-state index in [4.69, 9.17) is 4.74 Å². The third-order valence-corrected chi connectivity index (χ3v) is 4.93. The molecule has 0 aliphatic carbocycles. The van der Waals surface area contributed by atoms with Gasteiger partial charge in [-0.25, -0.2) is 13.1 Å². The van der Waals surface area contributed by atoms with Crippen molar-refractivity contribution >= 4 is 15.9 Å². The molecule has 1 aromatic heterocycles. The Hall–Kier alpha value is -2.35. The van der Waals surface area contributed by atoms with E-state index < -0.39 is 15.9 Å². The van der Waals surface area contributed by atoms with Gasteiger partial charge in [-0.1, -0.05) is 6.07 Å². The number of hydrogen-bond acceptors (Lipinski definition) is 5. The summed E-state index contributed by atoms with van der Waals surface area (Å²) in [7, 11) is -2.35. The molecule has 0 bridgehead atoms. The second-order valence-electron chi connectivity index (χ2n) is 5.02. The van der Waals surface area contributed by atoms with E-state index in [9.17, 15) is 13.2 Å². The van der Waals surface area contributed by atoms with Crippen molar-refractivity contribution in [2.75, 3.05) is 6.61 Å². The zero-order valence-electron chi connectivity index (χ0n) is 13.5. The van der Waals surface area contributed by atoms with Crippen LogP contribution in [0.1, 0.15) is 28.7 Å². The molecule has 0 aliphatic heterocycles. The molecule has 0 unspecified atom stereocenters. The molecule has 23 heavy (non-hydrogen) atoms. The van der Waals surface area contributed by atoms with Gasteiger partial charge in [0.05, 0.1) is 18.0 Å². The van der Waals surface area contributed by atoms with Crippen LogP contribution in [0, 0.1) is 13.8 Å². The molecular weight excluding hydrogens is 318 g/mol. The summed E-state index contributed by atoms with van der Waals surface area (Å²) in [4.78, 5) is 12.3. The van der Waals surface area contributed by atoms with Crippen LogP contribution in [0.4, 0.5) is 0 Å². The lowest BCUT2D eigenvalue weighted by Crippen LogP contribution is -2.31. The van der Waals surface area contributed by atoms with Gasteiger partial charge in [-0.05, 0) is 39.0 Å². The first kappa shape index (κ1) is 17.0. The lowest BCUT2D eigenvalue weighted by Gasteiger charge is -2.09. The molecule has 124 valence electrons. The van der Waals surface area contributed by atoms with Crippen LogP contribution in [0.25, 0.3) is 0 Å². The van der Waals surface area contributed by atoms with Crippen molar-refractivity contribution in [2.24, 2.45) is 7.05 Å². The monoisotopic (exact) mass is 337 g/mol. The summed E-state index contributed by atoms with van der Waals surface area (Å²) in [5, 5.41) is 4.06. The molecular formula is C15H19N3O4S. The average Bonchev–Trinajstić information content (AvgIpc) is 2.72. The molecule has 1 amide bonds. The summed E-state index contributed by atoms with van der Waals surface area (Å²) in [6.07, 6.45) is 0. The fraction of sp³-hybridized carbons (Fsp3) is 0.333. The maximum Gasteiger partial charge on any atom is 0.267 e. The van der Waals surface area contributed by atoms with Crippen LogP contribution in [-0.2, 0) is 17.1 Å². The number of hydrogen-bond donors (Lipinski definition) is 1. The van der Waals surface area contributed by atoms with Crippen LogP contribution < -0.4 is 9.46 Å². The molecule has 0 saturated carbocycles. The lowest BCUT2D eigenvalue weighted by molar-refractivity contribution is 0.0981. The van der Waals surface area contributed by atoms with E-state index in [1.807, 2.05) is 6.92 Å². The van der Waals surface area contributed by atoms with Crippen molar-refractivity contribution in [3.8, 4) is 5.75 Å². The standard InChI is InChI=1S/C15H19N3O4S/c1-5-22-13-8-6-7-12(9-13)15(19)17-23(20,21)14-10(2)16-18(4)11(14)3/h6-9H,5H2,1-4H3,(H,17,19). The first-order valence-electron chi connectivity index (χ1n) is 7.06. The molecule has 8 heteroatoms.